The van der Waals surface area contributed by atoms with Gasteiger partial charge in [0.25, 0.3) is 0 Å². The Labute approximate surface area is 96.6 Å². The van der Waals surface area contributed by atoms with Crippen molar-refractivity contribution in [3.05, 3.63) is 35.9 Å². The van der Waals surface area contributed by atoms with Crippen molar-refractivity contribution in [2.24, 2.45) is 5.41 Å². The van der Waals surface area contributed by atoms with Crippen LogP contribution in [0.3, 0.4) is 0 Å². The normalized spacial score (nSPS) is 18.9. The molecule has 2 nitrogen and oxygen atoms in total. The fourth-order valence-corrected chi connectivity index (χ4v) is 2.34. The second-order valence-electron chi connectivity index (χ2n) is 4.79. The molecule has 1 aliphatic carbocycles. The lowest BCUT2D eigenvalue weighted by Gasteiger charge is -2.18. The number of esters is 1. The van der Waals surface area contributed by atoms with Crippen LogP contribution in [0.4, 0.5) is 0 Å². The lowest BCUT2D eigenvalue weighted by atomic mass is 9.88. The molecule has 1 atom stereocenters. The summed E-state index contributed by atoms with van der Waals surface area (Å²) >= 11 is 0. The highest BCUT2D eigenvalue weighted by Gasteiger charge is 2.51. The SMILES string of the molecule is COC(=O)C1(CC(C)c2ccccc2)CC1. The number of methoxy groups -OCH3 is 1. The molecule has 2 rings (SSSR count). The first kappa shape index (κ1) is 11.2. The van der Waals surface area contributed by atoms with Gasteiger partial charge >= 0.3 is 5.97 Å². The van der Waals surface area contributed by atoms with Gasteiger partial charge in [-0.05, 0) is 30.7 Å². The van der Waals surface area contributed by atoms with Crippen molar-refractivity contribution >= 4 is 5.97 Å². The van der Waals surface area contributed by atoms with Crippen molar-refractivity contribution in [1.29, 1.82) is 0 Å². The molecule has 1 aromatic carbocycles. The van der Waals surface area contributed by atoms with Crippen LogP contribution < -0.4 is 0 Å². The first-order valence-electron chi connectivity index (χ1n) is 5.81. The monoisotopic (exact) mass is 218 g/mol. The van der Waals surface area contributed by atoms with E-state index in [2.05, 4.69) is 19.1 Å². The fourth-order valence-electron chi connectivity index (χ4n) is 2.34. The van der Waals surface area contributed by atoms with Crippen molar-refractivity contribution in [2.75, 3.05) is 7.11 Å². The highest BCUT2D eigenvalue weighted by Crippen LogP contribution is 2.52. The summed E-state index contributed by atoms with van der Waals surface area (Å²) in [5, 5.41) is 0. The van der Waals surface area contributed by atoms with Gasteiger partial charge in [-0.1, -0.05) is 37.3 Å². The number of carbonyl (C=O) groups excluding carboxylic acids is 1. The zero-order chi connectivity index (χ0) is 11.6. The van der Waals surface area contributed by atoms with E-state index in [0.29, 0.717) is 5.92 Å². The summed E-state index contributed by atoms with van der Waals surface area (Å²) in [5.74, 6) is 0.387. The third-order valence-corrected chi connectivity index (χ3v) is 3.54. The van der Waals surface area contributed by atoms with Gasteiger partial charge in [0, 0.05) is 0 Å². The summed E-state index contributed by atoms with van der Waals surface area (Å²) in [5.41, 5.74) is 1.13. The van der Waals surface area contributed by atoms with Crippen molar-refractivity contribution in [3.8, 4) is 0 Å². The van der Waals surface area contributed by atoms with Gasteiger partial charge < -0.3 is 4.74 Å². The number of carbonyl (C=O) groups is 1. The highest BCUT2D eigenvalue weighted by atomic mass is 16.5. The minimum Gasteiger partial charge on any atom is -0.469 e. The van der Waals surface area contributed by atoms with Gasteiger partial charge in [-0.2, -0.15) is 0 Å². The maximum absolute atomic E-state index is 11.6. The van der Waals surface area contributed by atoms with E-state index in [0.717, 1.165) is 19.3 Å². The van der Waals surface area contributed by atoms with Crippen LogP contribution in [0.1, 0.15) is 37.7 Å². The van der Waals surface area contributed by atoms with Crippen molar-refractivity contribution < 1.29 is 9.53 Å². The van der Waals surface area contributed by atoms with Crippen LogP contribution in [-0.4, -0.2) is 13.1 Å². The first-order valence-corrected chi connectivity index (χ1v) is 5.81. The van der Waals surface area contributed by atoms with Crippen LogP contribution in [0.2, 0.25) is 0 Å². The van der Waals surface area contributed by atoms with E-state index in [4.69, 9.17) is 4.74 Å². The van der Waals surface area contributed by atoms with E-state index in [1.54, 1.807) is 0 Å². The van der Waals surface area contributed by atoms with Gasteiger partial charge in [-0.3, -0.25) is 4.79 Å². The summed E-state index contributed by atoms with van der Waals surface area (Å²) in [6, 6.07) is 10.4. The zero-order valence-electron chi connectivity index (χ0n) is 9.90. The van der Waals surface area contributed by atoms with Crippen LogP contribution in [0.15, 0.2) is 30.3 Å². The summed E-state index contributed by atoms with van der Waals surface area (Å²) in [7, 11) is 1.48. The van der Waals surface area contributed by atoms with Crippen molar-refractivity contribution in [2.45, 2.75) is 32.1 Å². The van der Waals surface area contributed by atoms with Gasteiger partial charge in [0.05, 0.1) is 12.5 Å². The molecule has 0 spiro atoms. The average Bonchev–Trinajstić information content (AvgIpc) is 3.10. The van der Waals surface area contributed by atoms with Gasteiger partial charge in [0.2, 0.25) is 0 Å². The fraction of sp³-hybridized carbons (Fsp3) is 0.500. The minimum atomic E-state index is -0.177. The Bertz CT molecular complexity index is 366. The van der Waals surface area contributed by atoms with E-state index in [9.17, 15) is 4.79 Å². The molecule has 16 heavy (non-hydrogen) atoms. The Morgan fingerprint density at radius 1 is 1.38 bits per heavy atom. The molecule has 1 aliphatic rings. The highest BCUT2D eigenvalue weighted by molar-refractivity contribution is 5.79. The Morgan fingerprint density at radius 3 is 2.50 bits per heavy atom. The second kappa shape index (κ2) is 4.28. The second-order valence-corrected chi connectivity index (χ2v) is 4.79. The molecule has 0 radical (unpaired) electrons. The third-order valence-electron chi connectivity index (χ3n) is 3.54. The predicted octanol–water partition coefficient (Wildman–Crippen LogP) is 3.13. The third kappa shape index (κ3) is 2.11. The van der Waals surface area contributed by atoms with Gasteiger partial charge in [0.1, 0.15) is 0 Å². The molecule has 0 N–H and O–H groups in total. The number of ether oxygens (including phenoxy) is 1. The quantitative estimate of drug-likeness (QED) is 0.726. The first-order chi connectivity index (χ1) is 7.68. The number of benzene rings is 1. The Balaban J connectivity index is 2.03. The number of hydrogen-bond acceptors (Lipinski definition) is 2. The van der Waals surface area contributed by atoms with Crippen LogP contribution in [0.5, 0.6) is 0 Å². The molecule has 0 amide bonds. The maximum atomic E-state index is 11.6. The van der Waals surface area contributed by atoms with Gasteiger partial charge in [0.15, 0.2) is 0 Å². The number of rotatable bonds is 4. The number of hydrogen-bond donors (Lipinski definition) is 0. The Morgan fingerprint density at radius 2 is 2.00 bits per heavy atom. The van der Waals surface area contributed by atoms with E-state index < -0.39 is 0 Å². The van der Waals surface area contributed by atoms with E-state index >= 15 is 0 Å². The molecule has 1 saturated carbocycles. The van der Waals surface area contributed by atoms with Crippen molar-refractivity contribution in [3.63, 3.8) is 0 Å². The van der Waals surface area contributed by atoms with Crippen LogP contribution in [0, 0.1) is 5.41 Å². The summed E-state index contributed by atoms with van der Waals surface area (Å²) in [4.78, 5) is 11.6. The van der Waals surface area contributed by atoms with E-state index in [1.807, 2.05) is 18.2 Å². The maximum Gasteiger partial charge on any atom is 0.311 e. The standard InChI is InChI=1S/C14H18O2/c1-11(12-6-4-3-5-7-12)10-14(8-9-14)13(15)16-2/h3-7,11H,8-10H2,1-2H3. The molecule has 2 heteroatoms. The smallest absolute Gasteiger partial charge is 0.311 e. The van der Waals surface area contributed by atoms with Crippen molar-refractivity contribution in [1.82, 2.24) is 0 Å². The molecule has 0 aromatic heterocycles. The average molecular weight is 218 g/mol. The van der Waals surface area contributed by atoms with Crippen LogP contribution in [0.25, 0.3) is 0 Å². The zero-order valence-corrected chi connectivity index (χ0v) is 9.90. The van der Waals surface area contributed by atoms with Crippen LogP contribution >= 0.6 is 0 Å². The van der Waals surface area contributed by atoms with Gasteiger partial charge in [-0.25, -0.2) is 0 Å². The Hall–Kier alpha value is -1.31. The lowest BCUT2D eigenvalue weighted by molar-refractivity contribution is -0.147. The summed E-state index contributed by atoms with van der Waals surface area (Å²) in [6.45, 7) is 2.18. The lowest BCUT2D eigenvalue weighted by Crippen LogP contribution is -2.19. The molecular formula is C14H18O2. The summed E-state index contributed by atoms with van der Waals surface area (Å²) < 4.78 is 4.88. The molecule has 0 aliphatic heterocycles. The molecular weight excluding hydrogens is 200 g/mol. The van der Waals surface area contributed by atoms with E-state index in [-0.39, 0.29) is 11.4 Å². The molecule has 1 unspecified atom stereocenters. The topological polar surface area (TPSA) is 26.3 Å². The molecule has 86 valence electrons. The largest absolute Gasteiger partial charge is 0.469 e. The molecule has 0 saturated heterocycles. The minimum absolute atomic E-state index is 0.0321. The molecule has 0 bridgehead atoms. The van der Waals surface area contributed by atoms with Gasteiger partial charge in [-0.15, -0.1) is 0 Å². The molecule has 1 fully saturated rings. The summed E-state index contributed by atoms with van der Waals surface area (Å²) in [6.07, 6.45) is 2.87. The van der Waals surface area contributed by atoms with Crippen LogP contribution in [-0.2, 0) is 9.53 Å². The Kier molecular flexibility index (Phi) is 2.99. The predicted molar refractivity (Wildman–Crippen MR) is 63.2 cm³/mol. The molecule has 0 heterocycles. The molecule has 1 aromatic rings. The van der Waals surface area contributed by atoms with E-state index in [1.165, 1.54) is 12.7 Å².